The zero-order chi connectivity index (χ0) is 12.3. The molecule has 0 aliphatic heterocycles. The smallest absolute Gasteiger partial charge is 0.151 e. The lowest BCUT2D eigenvalue weighted by Crippen LogP contribution is -2.13. The first-order valence-corrected chi connectivity index (χ1v) is 6.21. The summed E-state index contributed by atoms with van der Waals surface area (Å²) in [5, 5.41) is 0. The van der Waals surface area contributed by atoms with Gasteiger partial charge in [0, 0.05) is 17.6 Å². The molecule has 0 unspecified atom stereocenters. The second-order valence-corrected chi connectivity index (χ2v) is 4.98. The van der Waals surface area contributed by atoms with Gasteiger partial charge in [0.15, 0.2) is 7.28 Å². The molecule has 0 aliphatic carbocycles. The first-order valence-electron chi connectivity index (χ1n) is 6.21. The molecule has 0 saturated heterocycles. The number of hydrogen-bond acceptors (Lipinski definition) is 1. The lowest BCUT2D eigenvalue weighted by atomic mass is 9.65. The molecular formula is C13H23BN2. The molecule has 1 aromatic rings. The summed E-state index contributed by atoms with van der Waals surface area (Å²) in [6.45, 7) is 13.4. The molecule has 0 aliphatic rings. The number of nitrogens with zero attached hydrogens (tertiary/aromatic N) is 2. The van der Waals surface area contributed by atoms with E-state index in [2.05, 4.69) is 51.0 Å². The van der Waals surface area contributed by atoms with E-state index in [0.29, 0.717) is 11.8 Å². The van der Waals surface area contributed by atoms with Crippen LogP contribution in [-0.2, 0) is 0 Å². The molecular weight excluding hydrogens is 195 g/mol. The number of hydrogen-bond donors (Lipinski definition) is 0. The molecule has 0 atom stereocenters. The van der Waals surface area contributed by atoms with Crippen molar-refractivity contribution < 1.29 is 0 Å². The maximum atomic E-state index is 4.23. The fraction of sp³-hybridized carbons (Fsp3) is 0.615. The highest BCUT2D eigenvalue weighted by Crippen LogP contribution is 2.26. The van der Waals surface area contributed by atoms with E-state index in [4.69, 9.17) is 0 Å². The van der Waals surface area contributed by atoms with Crippen molar-refractivity contribution in [1.82, 2.24) is 9.55 Å². The molecule has 1 aromatic heterocycles. The Morgan fingerprint density at radius 3 is 2.19 bits per heavy atom. The van der Waals surface area contributed by atoms with Gasteiger partial charge in [-0.1, -0.05) is 40.0 Å². The van der Waals surface area contributed by atoms with Crippen molar-refractivity contribution in [2.75, 3.05) is 0 Å². The van der Waals surface area contributed by atoms with Crippen LogP contribution < -0.4 is 0 Å². The Labute approximate surface area is 100 Å². The summed E-state index contributed by atoms with van der Waals surface area (Å²) in [6.07, 6.45) is 3.86. The maximum Gasteiger partial charge on any atom is 0.151 e. The Morgan fingerprint density at radius 1 is 1.25 bits per heavy atom. The predicted octanol–water partition coefficient (Wildman–Crippen LogP) is 3.16. The van der Waals surface area contributed by atoms with Gasteiger partial charge in [0.2, 0.25) is 0 Å². The molecule has 1 heterocycles. The van der Waals surface area contributed by atoms with Crippen LogP contribution >= 0.6 is 0 Å². The lowest BCUT2D eigenvalue weighted by molar-refractivity contribution is 0.735. The summed E-state index contributed by atoms with van der Waals surface area (Å²) in [4.78, 5) is 4.23. The Bertz CT molecular complexity index is 375. The Morgan fingerprint density at radius 2 is 1.88 bits per heavy atom. The van der Waals surface area contributed by atoms with Gasteiger partial charge < -0.3 is 4.57 Å². The average molecular weight is 218 g/mol. The van der Waals surface area contributed by atoms with E-state index in [1.807, 2.05) is 12.5 Å². The van der Waals surface area contributed by atoms with Crippen LogP contribution in [0.5, 0.6) is 0 Å². The van der Waals surface area contributed by atoms with Crippen molar-refractivity contribution in [3.8, 4) is 0 Å². The van der Waals surface area contributed by atoms with Gasteiger partial charge in [0.05, 0.1) is 6.33 Å². The third-order valence-corrected chi connectivity index (χ3v) is 3.04. The van der Waals surface area contributed by atoms with Crippen LogP contribution in [0.25, 0.3) is 5.70 Å². The highest BCUT2D eigenvalue weighted by atomic mass is 15.1. The molecule has 2 nitrogen and oxygen atoms in total. The standard InChI is InChI=1S/C13H23BN2/c1-9(2)12(14-6)13(10(3)4)16-8-15-7-11(16)5/h7-10,14H,1-6H3/b13-12-. The van der Waals surface area contributed by atoms with Crippen molar-refractivity contribution in [3.63, 3.8) is 0 Å². The maximum absolute atomic E-state index is 4.23. The number of aryl methyl sites for hydroxylation is 1. The summed E-state index contributed by atoms with van der Waals surface area (Å²) in [5.74, 6) is 1.13. The minimum absolute atomic E-state index is 0.533. The van der Waals surface area contributed by atoms with Crippen LogP contribution in [0.3, 0.4) is 0 Å². The summed E-state index contributed by atoms with van der Waals surface area (Å²) in [5.41, 5.74) is 4.18. The second kappa shape index (κ2) is 5.38. The Balaban J connectivity index is 3.33. The summed E-state index contributed by atoms with van der Waals surface area (Å²) < 4.78 is 2.24. The molecule has 16 heavy (non-hydrogen) atoms. The fourth-order valence-corrected chi connectivity index (χ4v) is 2.30. The van der Waals surface area contributed by atoms with E-state index in [1.165, 1.54) is 16.9 Å². The third kappa shape index (κ3) is 2.57. The summed E-state index contributed by atoms with van der Waals surface area (Å²) >= 11 is 0. The minimum atomic E-state index is 0.533. The first kappa shape index (κ1) is 13.1. The summed E-state index contributed by atoms with van der Waals surface area (Å²) in [7, 11) is 1.11. The fourth-order valence-electron chi connectivity index (χ4n) is 2.30. The lowest BCUT2D eigenvalue weighted by Gasteiger charge is -2.22. The van der Waals surface area contributed by atoms with Gasteiger partial charge >= 0.3 is 0 Å². The zero-order valence-electron chi connectivity index (χ0n) is 11.4. The van der Waals surface area contributed by atoms with Crippen molar-refractivity contribution in [3.05, 3.63) is 23.7 Å². The van der Waals surface area contributed by atoms with E-state index >= 15 is 0 Å². The molecule has 0 fully saturated rings. The Hall–Kier alpha value is -0.985. The van der Waals surface area contributed by atoms with E-state index in [0.717, 1.165) is 7.28 Å². The van der Waals surface area contributed by atoms with Gasteiger partial charge in [-0.15, -0.1) is 0 Å². The number of rotatable bonds is 4. The molecule has 3 heteroatoms. The van der Waals surface area contributed by atoms with Crippen molar-refractivity contribution >= 4 is 13.0 Å². The Kier molecular flexibility index (Phi) is 4.39. The van der Waals surface area contributed by atoms with Crippen LogP contribution in [0, 0.1) is 18.8 Å². The SMILES string of the molecule is CB/C(=C(/C(C)C)n1cncc1C)C(C)C. The van der Waals surface area contributed by atoms with Crippen LogP contribution in [0.4, 0.5) is 0 Å². The predicted molar refractivity (Wildman–Crippen MR) is 72.9 cm³/mol. The molecule has 1 rings (SSSR count). The minimum Gasteiger partial charge on any atom is -0.308 e. The van der Waals surface area contributed by atoms with Crippen LogP contribution in [0.2, 0.25) is 6.82 Å². The molecule has 0 saturated carbocycles. The van der Waals surface area contributed by atoms with Crippen LogP contribution in [0.1, 0.15) is 33.4 Å². The number of allylic oxidation sites excluding steroid dienone is 2. The van der Waals surface area contributed by atoms with Gasteiger partial charge in [-0.3, -0.25) is 0 Å². The monoisotopic (exact) mass is 218 g/mol. The molecule has 0 radical (unpaired) electrons. The molecule has 0 aromatic carbocycles. The molecule has 0 bridgehead atoms. The van der Waals surface area contributed by atoms with Gasteiger partial charge in [-0.2, -0.15) is 0 Å². The highest BCUT2D eigenvalue weighted by Gasteiger charge is 2.15. The zero-order valence-corrected chi connectivity index (χ0v) is 11.4. The third-order valence-electron chi connectivity index (χ3n) is 3.04. The van der Waals surface area contributed by atoms with Gasteiger partial charge in [-0.05, 0) is 18.8 Å². The van der Waals surface area contributed by atoms with E-state index < -0.39 is 0 Å². The second-order valence-electron chi connectivity index (χ2n) is 4.98. The van der Waals surface area contributed by atoms with Crippen molar-refractivity contribution in [2.45, 2.75) is 41.4 Å². The van der Waals surface area contributed by atoms with Crippen molar-refractivity contribution in [1.29, 1.82) is 0 Å². The van der Waals surface area contributed by atoms with Crippen LogP contribution in [-0.4, -0.2) is 16.8 Å². The van der Waals surface area contributed by atoms with Crippen molar-refractivity contribution in [2.24, 2.45) is 11.8 Å². The quantitative estimate of drug-likeness (QED) is 0.710. The molecule has 0 amide bonds. The van der Waals surface area contributed by atoms with E-state index in [-0.39, 0.29) is 0 Å². The molecule has 0 spiro atoms. The van der Waals surface area contributed by atoms with Gasteiger partial charge in [-0.25, -0.2) is 4.98 Å². The van der Waals surface area contributed by atoms with E-state index in [1.54, 1.807) is 0 Å². The average Bonchev–Trinajstić information content (AvgIpc) is 2.59. The topological polar surface area (TPSA) is 17.8 Å². The van der Waals surface area contributed by atoms with E-state index in [9.17, 15) is 0 Å². The number of imidazole rings is 1. The largest absolute Gasteiger partial charge is 0.308 e. The van der Waals surface area contributed by atoms with Gasteiger partial charge in [0.1, 0.15) is 0 Å². The highest BCUT2D eigenvalue weighted by molar-refractivity contribution is 6.45. The molecule has 88 valence electrons. The van der Waals surface area contributed by atoms with Crippen LogP contribution in [0.15, 0.2) is 18.0 Å². The molecule has 0 N–H and O–H groups in total. The first-order chi connectivity index (χ1) is 7.49. The number of aromatic nitrogens is 2. The normalized spacial score (nSPS) is 13.2. The summed E-state index contributed by atoms with van der Waals surface area (Å²) in [6, 6.07) is 0. The van der Waals surface area contributed by atoms with Gasteiger partial charge in [0.25, 0.3) is 0 Å².